The largest absolute Gasteiger partial charge is 0.435 e. The van der Waals surface area contributed by atoms with Crippen LogP contribution in [0, 0.1) is 0 Å². The second-order valence-electron chi connectivity index (χ2n) is 3.94. The minimum atomic E-state index is -4.36. The van der Waals surface area contributed by atoms with Crippen molar-refractivity contribution in [1.82, 2.24) is 15.1 Å². The molecule has 17 heavy (non-hydrogen) atoms. The Morgan fingerprint density at radius 3 is 2.59 bits per heavy atom. The standard InChI is InChI=1S/C11H18F3N3/c1-3-6-15-8-9(4-2)17-7-5-10(16-17)11(12,13)14/h5,7,9,15H,3-4,6,8H2,1-2H3. The van der Waals surface area contributed by atoms with Gasteiger partial charge in [0, 0.05) is 12.7 Å². The van der Waals surface area contributed by atoms with E-state index in [1.165, 1.54) is 10.9 Å². The van der Waals surface area contributed by atoms with Crippen LogP contribution in [0.2, 0.25) is 0 Å². The van der Waals surface area contributed by atoms with Crippen molar-refractivity contribution in [3.63, 3.8) is 0 Å². The lowest BCUT2D eigenvalue weighted by Gasteiger charge is -2.16. The highest BCUT2D eigenvalue weighted by Gasteiger charge is 2.33. The number of hydrogen-bond acceptors (Lipinski definition) is 2. The average Bonchev–Trinajstić information content (AvgIpc) is 2.73. The molecule has 0 aliphatic heterocycles. The molecule has 1 aromatic heterocycles. The summed E-state index contributed by atoms with van der Waals surface area (Å²) in [4.78, 5) is 0. The van der Waals surface area contributed by atoms with Crippen LogP contribution in [0.5, 0.6) is 0 Å². The molecule has 0 radical (unpaired) electrons. The van der Waals surface area contributed by atoms with E-state index < -0.39 is 11.9 Å². The van der Waals surface area contributed by atoms with Gasteiger partial charge in [-0.2, -0.15) is 18.3 Å². The minimum absolute atomic E-state index is 0.0300. The maximum Gasteiger partial charge on any atom is 0.435 e. The van der Waals surface area contributed by atoms with Gasteiger partial charge in [-0.25, -0.2) is 0 Å². The zero-order valence-electron chi connectivity index (χ0n) is 10.1. The van der Waals surface area contributed by atoms with Gasteiger partial charge in [0.1, 0.15) is 0 Å². The Morgan fingerprint density at radius 2 is 2.12 bits per heavy atom. The van der Waals surface area contributed by atoms with Gasteiger partial charge in [0.15, 0.2) is 5.69 Å². The first kappa shape index (κ1) is 14.0. The van der Waals surface area contributed by atoms with Crippen LogP contribution in [0.25, 0.3) is 0 Å². The Labute approximate surface area is 99.0 Å². The van der Waals surface area contributed by atoms with E-state index in [4.69, 9.17) is 0 Å². The second-order valence-corrected chi connectivity index (χ2v) is 3.94. The quantitative estimate of drug-likeness (QED) is 0.786. The number of nitrogens with zero attached hydrogens (tertiary/aromatic N) is 2. The maximum atomic E-state index is 12.4. The highest BCUT2D eigenvalue weighted by molar-refractivity contribution is 5.04. The highest BCUT2D eigenvalue weighted by Crippen LogP contribution is 2.28. The summed E-state index contributed by atoms with van der Waals surface area (Å²) in [5, 5.41) is 6.77. The Bertz CT molecular complexity index is 333. The van der Waals surface area contributed by atoms with Crippen LogP contribution in [0.1, 0.15) is 38.4 Å². The molecule has 0 fully saturated rings. The number of alkyl halides is 3. The van der Waals surface area contributed by atoms with Crippen LogP contribution in [0.4, 0.5) is 13.2 Å². The summed E-state index contributed by atoms with van der Waals surface area (Å²) in [6, 6.07) is 0.986. The third kappa shape index (κ3) is 4.03. The van der Waals surface area contributed by atoms with Gasteiger partial charge in [-0.1, -0.05) is 13.8 Å². The van der Waals surface area contributed by atoms with Gasteiger partial charge in [0.25, 0.3) is 0 Å². The number of hydrogen-bond donors (Lipinski definition) is 1. The molecule has 1 atom stereocenters. The van der Waals surface area contributed by atoms with Crippen molar-refractivity contribution in [2.24, 2.45) is 0 Å². The molecule has 98 valence electrons. The van der Waals surface area contributed by atoms with E-state index >= 15 is 0 Å². The molecule has 1 unspecified atom stereocenters. The predicted molar refractivity (Wildman–Crippen MR) is 59.7 cm³/mol. The minimum Gasteiger partial charge on any atom is -0.315 e. The van der Waals surface area contributed by atoms with Crippen molar-refractivity contribution in [3.05, 3.63) is 18.0 Å². The average molecular weight is 249 g/mol. The smallest absolute Gasteiger partial charge is 0.315 e. The van der Waals surface area contributed by atoms with Crippen LogP contribution in [0.15, 0.2) is 12.3 Å². The van der Waals surface area contributed by atoms with Crippen molar-refractivity contribution >= 4 is 0 Å². The third-order valence-corrected chi connectivity index (χ3v) is 2.55. The van der Waals surface area contributed by atoms with E-state index in [0.717, 1.165) is 25.5 Å². The Kier molecular flexibility index (Phi) is 4.99. The van der Waals surface area contributed by atoms with E-state index in [9.17, 15) is 13.2 Å². The SMILES string of the molecule is CCCNCC(CC)n1ccc(C(F)(F)F)n1. The van der Waals surface area contributed by atoms with E-state index in [-0.39, 0.29) is 6.04 Å². The van der Waals surface area contributed by atoms with E-state index in [1.807, 2.05) is 13.8 Å². The lowest BCUT2D eigenvalue weighted by molar-refractivity contribution is -0.141. The van der Waals surface area contributed by atoms with Gasteiger partial charge in [-0.15, -0.1) is 0 Å². The molecule has 1 heterocycles. The van der Waals surface area contributed by atoms with Crippen LogP contribution in [0.3, 0.4) is 0 Å². The fourth-order valence-corrected chi connectivity index (χ4v) is 1.56. The highest BCUT2D eigenvalue weighted by atomic mass is 19.4. The van der Waals surface area contributed by atoms with Crippen LogP contribution in [-0.2, 0) is 6.18 Å². The first-order chi connectivity index (χ1) is 7.99. The molecule has 1 N–H and O–H groups in total. The van der Waals surface area contributed by atoms with Crippen LogP contribution < -0.4 is 5.32 Å². The summed E-state index contributed by atoms with van der Waals surface area (Å²) in [6.45, 7) is 5.49. The lowest BCUT2D eigenvalue weighted by Crippen LogP contribution is -2.26. The zero-order valence-corrected chi connectivity index (χ0v) is 10.1. The van der Waals surface area contributed by atoms with Gasteiger partial charge in [0.05, 0.1) is 6.04 Å². The molecule has 0 spiro atoms. The predicted octanol–water partition coefficient (Wildman–Crippen LogP) is 2.85. The van der Waals surface area contributed by atoms with Gasteiger partial charge < -0.3 is 5.32 Å². The third-order valence-electron chi connectivity index (χ3n) is 2.55. The van der Waals surface area contributed by atoms with Crippen molar-refractivity contribution in [2.75, 3.05) is 13.1 Å². The molecular formula is C11H18F3N3. The number of rotatable bonds is 6. The molecule has 0 saturated heterocycles. The Morgan fingerprint density at radius 1 is 1.41 bits per heavy atom. The Hall–Kier alpha value is -1.04. The fraction of sp³-hybridized carbons (Fsp3) is 0.727. The fourth-order valence-electron chi connectivity index (χ4n) is 1.56. The first-order valence-corrected chi connectivity index (χ1v) is 5.82. The van der Waals surface area contributed by atoms with E-state index in [2.05, 4.69) is 10.4 Å². The molecule has 0 saturated carbocycles. The molecule has 6 heteroatoms. The normalized spacial score (nSPS) is 13.9. The van der Waals surface area contributed by atoms with Crippen LogP contribution in [-0.4, -0.2) is 22.9 Å². The van der Waals surface area contributed by atoms with Gasteiger partial charge in [-0.05, 0) is 25.5 Å². The Balaban J connectivity index is 2.66. The van der Waals surface area contributed by atoms with E-state index in [1.54, 1.807) is 0 Å². The summed E-state index contributed by atoms with van der Waals surface area (Å²) in [6.07, 6.45) is -1.22. The van der Waals surface area contributed by atoms with Gasteiger partial charge >= 0.3 is 6.18 Å². The number of aromatic nitrogens is 2. The molecule has 1 rings (SSSR count). The first-order valence-electron chi connectivity index (χ1n) is 5.82. The molecule has 1 aromatic rings. The summed E-state index contributed by atoms with van der Waals surface area (Å²) in [5.41, 5.74) is -0.827. The van der Waals surface area contributed by atoms with Crippen molar-refractivity contribution in [1.29, 1.82) is 0 Å². The monoisotopic (exact) mass is 249 g/mol. The molecule has 0 amide bonds. The van der Waals surface area contributed by atoms with Crippen molar-refractivity contribution < 1.29 is 13.2 Å². The maximum absolute atomic E-state index is 12.4. The number of halogens is 3. The van der Waals surface area contributed by atoms with Gasteiger partial charge in [-0.3, -0.25) is 4.68 Å². The summed E-state index contributed by atoms with van der Waals surface area (Å²) in [5.74, 6) is 0. The van der Waals surface area contributed by atoms with Crippen LogP contribution >= 0.6 is 0 Å². The molecule has 0 aliphatic rings. The lowest BCUT2D eigenvalue weighted by atomic mass is 10.2. The molecule has 0 bridgehead atoms. The van der Waals surface area contributed by atoms with Gasteiger partial charge in [0.2, 0.25) is 0 Å². The molecule has 3 nitrogen and oxygen atoms in total. The zero-order chi connectivity index (χ0) is 12.9. The summed E-state index contributed by atoms with van der Waals surface area (Å²) in [7, 11) is 0. The van der Waals surface area contributed by atoms with Crippen molar-refractivity contribution in [3.8, 4) is 0 Å². The van der Waals surface area contributed by atoms with Crippen molar-refractivity contribution in [2.45, 2.75) is 38.9 Å². The summed E-state index contributed by atoms with van der Waals surface area (Å²) < 4.78 is 38.5. The molecule has 0 aliphatic carbocycles. The topological polar surface area (TPSA) is 29.9 Å². The summed E-state index contributed by atoms with van der Waals surface area (Å²) >= 11 is 0. The van der Waals surface area contributed by atoms with E-state index in [0.29, 0.717) is 6.54 Å². The molecular weight excluding hydrogens is 231 g/mol. The second kappa shape index (κ2) is 6.05. The number of nitrogens with one attached hydrogen (secondary N) is 1. The molecule has 0 aromatic carbocycles.